The van der Waals surface area contributed by atoms with E-state index >= 15 is 0 Å². The Morgan fingerprint density at radius 2 is 1.55 bits per heavy atom. The molecule has 0 heterocycles. The minimum atomic E-state index is -3.22. The topological polar surface area (TPSA) is 35.5 Å². The van der Waals surface area contributed by atoms with E-state index in [2.05, 4.69) is 0 Å². The molecule has 0 unspecified atom stereocenters. The van der Waals surface area contributed by atoms with Gasteiger partial charge in [0.2, 0.25) is 0 Å². The zero-order chi connectivity index (χ0) is 14.8. The predicted octanol–water partition coefficient (Wildman–Crippen LogP) is 5.66. The van der Waals surface area contributed by atoms with Gasteiger partial charge in [-0.15, -0.1) is 0 Å². The molecule has 0 amide bonds. The summed E-state index contributed by atoms with van der Waals surface area (Å²) < 4.78 is 36.4. The molecule has 0 aromatic heterocycles. The summed E-state index contributed by atoms with van der Waals surface area (Å²) in [5, 5.41) is 0. The Bertz CT molecular complexity index is 411. The summed E-state index contributed by atoms with van der Waals surface area (Å²) >= 11 is 1.05. The number of hydrogen-bond acceptors (Lipinski definition) is 4. The van der Waals surface area contributed by atoms with Crippen LogP contribution in [0.25, 0.3) is 0 Å². The highest BCUT2D eigenvalue weighted by Gasteiger charge is 2.26. The van der Waals surface area contributed by atoms with E-state index in [0.717, 1.165) is 37.1 Å². The van der Waals surface area contributed by atoms with Crippen LogP contribution in [0.15, 0.2) is 29.2 Å². The third-order valence-corrected chi connectivity index (χ3v) is 6.17. The molecule has 0 aliphatic carbocycles. The minimum Gasteiger partial charge on any atom is -0.301 e. The molecule has 0 saturated carbocycles. The molecule has 0 saturated heterocycles. The van der Waals surface area contributed by atoms with Crippen molar-refractivity contribution >= 4 is 18.2 Å². The first-order chi connectivity index (χ1) is 9.59. The van der Waals surface area contributed by atoms with Crippen LogP contribution in [0.5, 0.6) is 0 Å². The fraction of sp³-hybridized carbons (Fsp3) is 0.571. The summed E-state index contributed by atoms with van der Waals surface area (Å²) in [5.74, 6) is -0.317. The van der Waals surface area contributed by atoms with Gasteiger partial charge >= 0.3 is 6.80 Å². The summed E-state index contributed by atoms with van der Waals surface area (Å²) in [7, 11) is 0. The van der Waals surface area contributed by atoms with Gasteiger partial charge in [-0.3, -0.25) is 0 Å². The zero-order valence-electron chi connectivity index (χ0n) is 12.0. The molecule has 0 spiro atoms. The van der Waals surface area contributed by atoms with Crippen molar-refractivity contribution in [3.8, 4) is 0 Å². The van der Waals surface area contributed by atoms with Crippen LogP contribution in [-0.4, -0.2) is 13.2 Å². The van der Waals surface area contributed by atoms with Gasteiger partial charge in [-0.05, 0) is 48.5 Å². The highest BCUT2D eigenvalue weighted by molar-refractivity contribution is 8.55. The maximum atomic E-state index is 12.9. The second-order valence-corrected chi connectivity index (χ2v) is 8.32. The number of halogens is 1. The van der Waals surface area contributed by atoms with E-state index in [1.807, 2.05) is 13.8 Å². The van der Waals surface area contributed by atoms with Crippen molar-refractivity contribution in [3.63, 3.8) is 0 Å². The standard InChI is InChI=1S/C14H22FO3PS/c1-3-5-11-17-19(16,18-12-6-4-2)20-14-9-7-13(15)8-10-14/h7-10H,3-6,11-12H2,1-2H3. The lowest BCUT2D eigenvalue weighted by atomic mass is 10.4. The van der Waals surface area contributed by atoms with Gasteiger partial charge in [-0.25, -0.2) is 8.96 Å². The quantitative estimate of drug-likeness (QED) is 0.411. The summed E-state index contributed by atoms with van der Waals surface area (Å²) in [4.78, 5) is 0.683. The van der Waals surface area contributed by atoms with Crippen molar-refractivity contribution in [2.45, 2.75) is 44.4 Å². The van der Waals surface area contributed by atoms with Crippen molar-refractivity contribution < 1.29 is 18.0 Å². The Balaban J connectivity index is 2.64. The van der Waals surface area contributed by atoms with E-state index in [1.54, 1.807) is 12.1 Å². The molecule has 3 nitrogen and oxygen atoms in total. The van der Waals surface area contributed by atoms with Crippen LogP contribution in [0.2, 0.25) is 0 Å². The molecule has 1 aromatic carbocycles. The first-order valence-corrected chi connectivity index (χ1v) is 9.90. The molecule has 1 rings (SSSR count). The fourth-order valence-electron chi connectivity index (χ4n) is 1.36. The van der Waals surface area contributed by atoms with E-state index < -0.39 is 6.80 Å². The van der Waals surface area contributed by atoms with Gasteiger partial charge in [0.05, 0.1) is 13.2 Å². The monoisotopic (exact) mass is 320 g/mol. The van der Waals surface area contributed by atoms with Crippen LogP contribution in [0, 0.1) is 5.82 Å². The molecular weight excluding hydrogens is 298 g/mol. The highest BCUT2D eigenvalue weighted by atomic mass is 32.7. The van der Waals surface area contributed by atoms with Crippen molar-refractivity contribution in [1.82, 2.24) is 0 Å². The molecule has 114 valence electrons. The molecule has 0 aliphatic rings. The Morgan fingerprint density at radius 1 is 1.05 bits per heavy atom. The van der Waals surface area contributed by atoms with Gasteiger partial charge < -0.3 is 9.05 Å². The maximum absolute atomic E-state index is 12.9. The van der Waals surface area contributed by atoms with Gasteiger partial charge in [-0.2, -0.15) is 0 Å². The van der Waals surface area contributed by atoms with Crippen LogP contribution < -0.4 is 0 Å². The van der Waals surface area contributed by atoms with E-state index in [-0.39, 0.29) is 5.82 Å². The van der Waals surface area contributed by atoms with Crippen molar-refractivity contribution in [1.29, 1.82) is 0 Å². The van der Waals surface area contributed by atoms with Gasteiger partial charge in [0, 0.05) is 4.90 Å². The van der Waals surface area contributed by atoms with Crippen LogP contribution in [-0.2, 0) is 13.6 Å². The van der Waals surface area contributed by atoms with Gasteiger partial charge in [0.1, 0.15) is 5.82 Å². The third-order valence-electron chi connectivity index (χ3n) is 2.53. The number of hydrogen-bond donors (Lipinski definition) is 0. The van der Waals surface area contributed by atoms with Gasteiger partial charge in [-0.1, -0.05) is 26.7 Å². The van der Waals surface area contributed by atoms with E-state index in [4.69, 9.17) is 9.05 Å². The fourth-order valence-corrected chi connectivity index (χ4v) is 4.66. The van der Waals surface area contributed by atoms with Gasteiger partial charge in [0.15, 0.2) is 0 Å². The first-order valence-electron chi connectivity index (χ1n) is 6.94. The SMILES string of the molecule is CCCCOP(=O)(OCCCC)Sc1ccc(F)cc1. The molecule has 0 N–H and O–H groups in total. The average Bonchev–Trinajstić information content (AvgIpc) is 2.42. The molecule has 0 radical (unpaired) electrons. The highest BCUT2D eigenvalue weighted by Crippen LogP contribution is 2.63. The van der Waals surface area contributed by atoms with Crippen molar-refractivity contribution in [3.05, 3.63) is 30.1 Å². The van der Waals surface area contributed by atoms with Crippen LogP contribution in [0.4, 0.5) is 4.39 Å². The van der Waals surface area contributed by atoms with Crippen LogP contribution in [0.3, 0.4) is 0 Å². The van der Waals surface area contributed by atoms with E-state index in [9.17, 15) is 8.96 Å². The summed E-state index contributed by atoms with van der Waals surface area (Å²) in [5.41, 5.74) is 0. The van der Waals surface area contributed by atoms with E-state index in [0.29, 0.717) is 18.1 Å². The normalized spacial score (nSPS) is 11.8. The molecule has 0 fully saturated rings. The largest absolute Gasteiger partial charge is 0.393 e. The molecule has 6 heteroatoms. The summed E-state index contributed by atoms with van der Waals surface area (Å²) in [6, 6.07) is 5.84. The maximum Gasteiger partial charge on any atom is 0.393 e. The predicted molar refractivity (Wildman–Crippen MR) is 81.6 cm³/mol. The second-order valence-electron chi connectivity index (χ2n) is 4.37. The van der Waals surface area contributed by atoms with E-state index in [1.165, 1.54) is 12.1 Å². The third kappa shape index (κ3) is 6.89. The lowest BCUT2D eigenvalue weighted by molar-refractivity contribution is 0.215. The van der Waals surface area contributed by atoms with Crippen LogP contribution in [0.1, 0.15) is 39.5 Å². The molecule has 1 aromatic rings. The minimum absolute atomic E-state index is 0.317. The van der Waals surface area contributed by atoms with Crippen LogP contribution >= 0.6 is 18.2 Å². The smallest absolute Gasteiger partial charge is 0.301 e. The number of rotatable bonds is 10. The average molecular weight is 320 g/mol. The number of unbranched alkanes of at least 4 members (excludes halogenated alkanes) is 2. The second kappa shape index (κ2) is 9.56. The van der Waals surface area contributed by atoms with Crippen molar-refractivity contribution in [2.75, 3.05) is 13.2 Å². The van der Waals surface area contributed by atoms with Crippen molar-refractivity contribution in [2.24, 2.45) is 0 Å². The lowest BCUT2D eigenvalue weighted by Crippen LogP contribution is -1.97. The number of benzene rings is 1. The Morgan fingerprint density at radius 3 is 2.00 bits per heavy atom. The van der Waals surface area contributed by atoms with Gasteiger partial charge in [0.25, 0.3) is 0 Å². The Labute approximate surface area is 124 Å². The zero-order valence-corrected chi connectivity index (χ0v) is 13.7. The lowest BCUT2D eigenvalue weighted by Gasteiger charge is -2.17. The molecule has 0 aliphatic heterocycles. The molecular formula is C14H22FO3PS. The summed E-state index contributed by atoms with van der Waals surface area (Å²) in [6.45, 7) is 1.68. The Hall–Kier alpha value is -0.350. The summed E-state index contributed by atoms with van der Waals surface area (Å²) in [6.07, 6.45) is 3.61. The molecule has 0 bridgehead atoms. The molecule has 20 heavy (non-hydrogen) atoms. The Kier molecular flexibility index (Phi) is 8.46. The molecule has 0 atom stereocenters. The first kappa shape index (κ1) is 17.7.